The van der Waals surface area contributed by atoms with E-state index in [-0.39, 0.29) is 16.3 Å². The van der Waals surface area contributed by atoms with Gasteiger partial charge in [0.15, 0.2) is 0 Å². The number of alkyl halides is 6. The minimum Gasteiger partial charge on any atom is -0.369 e. The van der Waals surface area contributed by atoms with Crippen molar-refractivity contribution in [2.24, 2.45) is 0 Å². The molecule has 2 aromatic carbocycles. The number of amides is 1. The number of nitrogens with one attached hydrogen (secondary N) is 1. The van der Waals surface area contributed by atoms with Gasteiger partial charge in [-0.15, -0.1) is 0 Å². The number of benzene rings is 2. The SMILES string of the molecule is O=C(Nc1ccccc1Cl)c1ccc(C(O)(C(F)(F)F)C(F)(F)F)cc1. The highest BCUT2D eigenvalue weighted by molar-refractivity contribution is 6.33. The zero-order valence-electron chi connectivity index (χ0n) is 12.6. The third kappa shape index (κ3) is 3.63. The lowest BCUT2D eigenvalue weighted by Crippen LogP contribution is -2.53. The van der Waals surface area contributed by atoms with E-state index < -0.39 is 29.4 Å². The summed E-state index contributed by atoms with van der Waals surface area (Å²) in [4.78, 5) is 12.0. The number of halogens is 7. The molecule has 0 radical (unpaired) electrons. The summed E-state index contributed by atoms with van der Waals surface area (Å²) < 4.78 is 76.9. The number of aliphatic hydroxyl groups is 1. The molecule has 2 aromatic rings. The van der Waals surface area contributed by atoms with Crippen molar-refractivity contribution in [3.8, 4) is 0 Å². The molecule has 0 aliphatic carbocycles. The van der Waals surface area contributed by atoms with Crippen LogP contribution in [-0.4, -0.2) is 23.4 Å². The Kier molecular flexibility index (Phi) is 5.25. The van der Waals surface area contributed by atoms with E-state index in [0.717, 1.165) is 12.1 Å². The lowest BCUT2D eigenvalue weighted by Gasteiger charge is -2.32. The van der Waals surface area contributed by atoms with Gasteiger partial charge in [0, 0.05) is 11.1 Å². The maximum atomic E-state index is 12.8. The van der Waals surface area contributed by atoms with E-state index in [1.807, 2.05) is 0 Å². The maximum Gasteiger partial charge on any atom is 0.430 e. The standard InChI is InChI=1S/C16H10ClF6NO2/c17-11-3-1-2-4-12(11)24-13(25)9-5-7-10(8-6-9)14(26,15(18,19)20)16(21,22)23/h1-8,26H,(H,24,25). The Morgan fingerprint density at radius 1 is 0.885 bits per heavy atom. The van der Waals surface area contributed by atoms with Gasteiger partial charge in [0.05, 0.1) is 10.7 Å². The molecule has 0 aliphatic rings. The molecular weight excluding hydrogens is 388 g/mol. The fourth-order valence-corrected chi connectivity index (χ4v) is 2.29. The van der Waals surface area contributed by atoms with Gasteiger partial charge in [0.1, 0.15) is 0 Å². The molecule has 3 nitrogen and oxygen atoms in total. The van der Waals surface area contributed by atoms with Gasteiger partial charge in [0.25, 0.3) is 11.5 Å². The molecule has 0 aromatic heterocycles. The number of rotatable bonds is 3. The van der Waals surface area contributed by atoms with Crippen LogP contribution in [0, 0.1) is 0 Å². The van der Waals surface area contributed by atoms with Gasteiger partial charge in [0.2, 0.25) is 0 Å². The normalized spacial score (nSPS) is 12.8. The topological polar surface area (TPSA) is 49.3 Å². The average Bonchev–Trinajstić information content (AvgIpc) is 2.54. The van der Waals surface area contributed by atoms with Crippen molar-refractivity contribution in [3.63, 3.8) is 0 Å². The summed E-state index contributed by atoms with van der Waals surface area (Å²) in [7, 11) is 0. The third-order valence-corrected chi connectivity index (χ3v) is 3.84. The Labute approximate surface area is 148 Å². The molecule has 0 saturated heterocycles. The summed E-state index contributed by atoms with van der Waals surface area (Å²) in [6.07, 6.45) is -12.0. The molecule has 0 fully saturated rings. The van der Waals surface area contributed by atoms with Gasteiger partial charge < -0.3 is 10.4 Å². The molecule has 2 rings (SSSR count). The van der Waals surface area contributed by atoms with Crippen LogP contribution in [0.5, 0.6) is 0 Å². The van der Waals surface area contributed by atoms with Gasteiger partial charge in [-0.3, -0.25) is 4.79 Å². The predicted octanol–water partition coefficient (Wildman–Crippen LogP) is 4.90. The Morgan fingerprint density at radius 2 is 1.38 bits per heavy atom. The Balaban J connectivity index is 2.32. The van der Waals surface area contributed by atoms with Gasteiger partial charge in [-0.1, -0.05) is 35.9 Å². The molecule has 0 heterocycles. The third-order valence-electron chi connectivity index (χ3n) is 3.51. The highest BCUT2D eigenvalue weighted by Gasteiger charge is 2.71. The highest BCUT2D eigenvalue weighted by Crippen LogP contribution is 2.49. The van der Waals surface area contributed by atoms with E-state index in [0.29, 0.717) is 12.1 Å². The van der Waals surface area contributed by atoms with Crippen LogP contribution in [0.2, 0.25) is 5.02 Å². The van der Waals surface area contributed by atoms with Crippen LogP contribution in [0.25, 0.3) is 0 Å². The minimum absolute atomic E-state index is 0.195. The summed E-state index contributed by atoms with van der Waals surface area (Å²) in [5.74, 6) is -0.799. The van der Waals surface area contributed by atoms with E-state index in [1.165, 1.54) is 12.1 Å². The van der Waals surface area contributed by atoms with Gasteiger partial charge in [-0.25, -0.2) is 0 Å². The number of carbonyl (C=O) groups excluding carboxylic acids is 1. The zero-order valence-corrected chi connectivity index (χ0v) is 13.4. The maximum absolute atomic E-state index is 12.8. The fraction of sp³-hybridized carbons (Fsp3) is 0.188. The van der Waals surface area contributed by atoms with Crippen LogP contribution in [-0.2, 0) is 5.60 Å². The summed E-state index contributed by atoms with van der Waals surface area (Å²) in [6.45, 7) is 0. The second-order valence-corrected chi connectivity index (χ2v) is 5.62. The molecular formula is C16H10ClF6NO2. The molecule has 1 amide bonds. The number of para-hydroxylation sites is 1. The monoisotopic (exact) mass is 397 g/mol. The van der Waals surface area contributed by atoms with Crippen LogP contribution in [0.15, 0.2) is 48.5 Å². The summed E-state index contributed by atoms with van der Waals surface area (Å²) in [5.41, 5.74) is -6.50. The van der Waals surface area contributed by atoms with E-state index in [9.17, 15) is 36.2 Å². The largest absolute Gasteiger partial charge is 0.430 e. The first-order valence-corrected chi connectivity index (χ1v) is 7.28. The molecule has 0 saturated carbocycles. The van der Waals surface area contributed by atoms with Gasteiger partial charge in [-0.2, -0.15) is 26.3 Å². The smallest absolute Gasteiger partial charge is 0.369 e. The van der Waals surface area contributed by atoms with Crippen molar-refractivity contribution in [3.05, 3.63) is 64.7 Å². The van der Waals surface area contributed by atoms with Crippen molar-refractivity contribution < 1.29 is 36.2 Å². The highest BCUT2D eigenvalue weighted by atomic mass is 35.5. The van der Waals surface area contributed by atoms with Gasteiger partial charge in [-0.05, 0) is 24.3 Å². The van der Waals surface area contributed by atoms with Crippen molar-refractivity contribution >= 4 is 23.2 Å². The summed E-state index contributed by atoms with van der Waals surface area (Å²) in [5, 5.41) is 11.9. The first-order chi connectivity index (χ1) is 11.9. The molecule has 140 valence electrons. The minimum atomic E-state index is -5.99. The summed E-state index contributed by atoms with van der Waals surface area (Å²) >= 11 is 5.84. The van der Waals surface area contributed by atoms with E-state index in [1.54, 1.807) is 12.1 Å². The van der Waals surface area contributed by atoms with Crippen molar-refractivity contribution in [2.75, 3.05) is 5.32 Å². The van der Waals surface area contributed by atoms with Crippen molar-refractivity contribution in [1.29, 1.82) is 0 Å². The van der Waals surface area contributed by atoms with Crippen LogP contribution < -0.4 is 5.32 Å². The number of anilines is 1. The van der Waals surface area contributed by atoms with Crippen molar-refractivity contribution in [2.45, 2.75) is 18.0 Å². The average molecular weight is 398 g/mol. The predicted molar refractivity (Wildman–Crippen MR) is 81.9 cm³/mol. The van der Waals surface area contributed by atoms with Crippen LogP contribution in [0.4, 0.5) is 32.0 Å². The Bertz CT molecular complexity index is 788. The molecule has 0 unspecified atom stereocenters. The van der Waals surface area contributed by atoms with Gasteiger partial charge >= 0.3 is 12.4 Å². The lowest BCUT2D eigenvalue weighted by atomic mass is 9.91. The van der Waals surface area contributed by atoms with Crippen molar-refractivity contribution in [1.82, 2.24) is 0 Å². The Hall–Kier alpha value is -2.26. The van der Waals surface area contributed by atoms with Crippen LogP contribution >= 0.6 is 11.6 Å². The van der Waals surface area contributed by atoms with Crippen LogP contribution in [0.3, 0.4) is 0 Å². The molecule has 26 heavy (non-hydrogen) atoms. The number of hydrogen-bond donors (Lipinski definition) is 2. The molecule has 0 bridgehead atoms. The quantitative estimate of drug-likeness (QED) is 0.723. The lowest BCUT2D eigenvalue weighted by molar-refractivity contribution is -0.376. The number of carbonyl (C=O) groups is 1. The molecule has 0 aliphatic heterocycles. The molecule has 0 atom stereocenters. The number of hydrogen-bond acceptors (Lipinski definition) is 2. The first-order valence-electron chi connectivity index (χ1n) is 6.90. The second-order valence-electron chi connectivity index (χ2n) is 5.22. The molecule has 0 spiro atoms. The zero-order chi connectivity index (χ0) is 19.8. The van der Waals surface area contributed by atoms with E-state index in [2.05, 4.69) is 5.32 Å². The van der Waals surface area contributed by atoms with E-state index >= 15 is 0 Å². The molecule has 10 heteroatoms. The first kappa shape index (κ1) is 20.1. The van der Waals surface area contributed by atoms with E-state index in [4.69, 9.17) is 11.6 Å². The second kappa shape index (κ2) is 6.81. The summed E-state index contributed by atoms with van der Waals surface area (Å²) in [6, 6.07) is 8.37. The Morgan fingerprint density at radius 3 is 1.85 bits per heavy atom. The fourth-order valence-electron chi connectivity index (χ4n) is 2.11. The molecule has 2 N–H and O–H groups in total. The van der Waals surface area contributed by atoms with Crippen LogP contribution in [0.1, 0.15) is 15.9 Å².